The van der Waals surface area contributed by atoms with Crippen LogP contribution in [0.4, 0.5) is 5.69 Å². The van der Waals surface area contributed by atoms with Crippen LogP contribution in [-0.2, 0) is 0 Å². The Kier molecular flexibility index (Phi) is 4.69. The first-order chi connectivity index (χ1) is 9.10. The topological polar surface area (TPSA) is 45.2 Å². The molecule has 2 rings (SSSR count). The fourth-order valence-corrected chi connectivity index (χ4v) is 3.66. The molecule has 1 amide bonds. The summed E-state index contributed by atoms with van der Waals surface area (Å²) in [4.78, 5) is 18.6. The third kappa shape index (κ3) is 3.62. The molecule has 19 heavy (non-hydrogen) atoms. The molecule has 1 aromatic heterocycles. The van der Waals surface area contributed by atoms with Crippen LogP contribution in [0.25, 0.3) is 0 Å². The third-order valence-corrected chi connectivity index (χ3v) is 4.30. The van der Waals surface area contributed by atoms with Crippen LogP contribution >= 0.6 is 11.8 Å². The zero-order valence-corrected chi connectivity index (χ0v) is 12.5. The Morgan fingerprint density at radius 2 is 2.11 bits per heavy atom. The Balaban J connectivity index is 2.06. The van der Waals surface area contributed by atoms with Gasteiger partial charge in [-0.2, -0.15) is 11.8 Å². The van der Waals surface area contributed by atoms with Crippen molar-refractivity contribution in [1.29, 1.82) is 0 Å². The van der Waals surface area contributed by atoms with Gasteiger partial charge >= 0.3 is 0 Å². The lowest BCUT2D eigenvalue weighted by atomic mass is 10.2. The minimum Gasteiger partial charge on any atom is -0.384 e. The van der Waals surface area contributed by atoms with Crippen LogP contribution in [0.2, 0.25) is 0 Å². The van der Waals surface area contributed by atoms with Gasteiger partial charge < -0.3 is 10.2 Å². The van der Waals surface area contributed by atoms with Crippen molar-refractivity contribution in [3.05, 3.63) is 24.0 Å². The summed E-state index contributed by atoms with van der Waals surface area (Å²) in [6, 6.07) is 3.71. The maximum Gasteiger partial charge on any atom is 0.272 e. The molecular weight excluding hydrogens is 258 g/mol. The van der Waals surface area contributed by atoms with E-state index in [0.717, 1.165) is 25.3 Å². The summed E-state index contributed by atoms with van der Waals surface area (Å²) in [7, 11) is 0. The largest absolute Gasteiger partial charge is 0.384 e. The van der Waals surface area contributed by atoms with Crippen LogP contribution < -0.4 is 5.32 Å². The summed E-state index contributed by atoms with van der Waals surface area (Å²) in [6.45, 7) is 8.85. The molecule has 0 bridgehead atoms. The number of nitrogens with zero attached hydrogens (tertiary/aromatic N) is 2. The normalized spacial score (nSPS) is 23.2. The Bertz CT molecular complexity index is 425. The second-order valence-electron chi connectivity index (χ2n) is 4.93. The van der Waals surface area contributed by atoms with Gasteiger partial charge in [0, 0.05) is 30.1 Å². The Morgan fingerprint density at radius 3 is 2.63 bits per heavy atom. The number of nitrogens with one attached hydrogen (secondary N) is 1. The number of carbonyl (C=O) groups excluding carboxylic acids is 1. The lowest BCUT2D eigenvalue weighted by Crippen LogP contribution is -2.44. The molecule has 1 fully saturated rings. The number of hydrogen-bond acceptors (Lipinski definition) is 4. The first-order valence-electron chi connectivity index (χ1n) is 6.74. The molecule has 0 spiro atoms. The van der Waals surface area contributed by atoms with E-state index in [1.54, 1.807) is 12.3 Å². The van der Waals surface area contributed by atoms with Crippen molar-refractivity contribution in [1.82, 2.24) is 9.88 Å². The van der Waals surface area contributed by atoms with Gasteiger partial charge in [0.2, 0.25) is 0 Å². The highest BCUT2D eigenvalue weighted by Gasteiger charge is 2.27. The zero-order chi connectivity index (χ0) is 13.8. The predicted octanol–water partition coefficient (Wildman–Crippen LogP) is 2.48. The second-order valence-corrected chi connectivity index (χ2v) is 6.81. The SMILES string of the molecule is CCNc1ccc(C(=O)N2CC(C)SC(C)C2)nc1. The Hall–Kier alpha value is -1.23. The third-order valence-electron chi connectivity index (χ3n) is 3.07. The van der Waals surface area contributed by atoms with Crippen LogP contribution in [0.1, 0.15) is 31.3 Å². The highest BCUT2D eigenvalue weighted by atomic mass is 32.2. The van der Waals surface area contributed by atoms with Crippen LogP contribution in [0.3, 0.4) is 0 Å². The summed E-state index contributed by atoms with van der Waals surface area (Å²) < 4.78 is 0. The van der Waals surface area contributed by atoms with Gasteiger partial charge in [-0.05, 0) is 19.1 Å². The summed E-state index contributed by atoms with van der Waals surface area (Å²) in [6.07, 6.45) is 1.72. The van der Waals surface area contributed by atoms with Crippen molar-refractivity contribution in [2.45, 2.75) is 31.3 Å². The minimum atomic E-state index is 0.0436. The molecule has 4 nitrogen and oxygen atoms in total. The standard InChI is InChI=1S/C14H21N3OS/c1-4-15-12-5-6-13(16-7-12)14(18)17-8-10(2)19-11(3)9-17/h5-7,10-11,15H,4,8-9H2,1-3H3. The molecule has 1 N–H and O–H groups in total. The fraction of sp³-hybridized carbons (Fsp3) is 0.571. The van der Waals surface area contributed by atoms with E-state index in [9.17, 15) is 4.79 Å². The van der Waals surface area contributed by atoms with E-state index in [1.807, 2.05) is 29.7 Å². The van der Waals surface area contributed by atoms with Crippen LogP contribution in [-0.4, -0.2) is 45.9 Å². The van der Waals surface area contributed by atoms with E-state index in [2.05, 4.69) is 24.1 Å². The van der Waals surface area contributed by atoms with Gasteiger partial charge in [0.25, 0.3) is 5.91 Å². The fourth-order valence-electron chi connectivity index (χ4n) is 2.33. The molecule has 1 aliphatic rings. The van der Waals surface area contributed by atoms with E-state index >= 15 is 0 Å². The first-order valence-corrected chi connectivity index (χ1v) is 7.69. The maximum atomic E-state index is 12.4. The van der Waals surface area contributed by atoms with Gasteiger partial charge in [-0.15, -0.1) is 0 Å². The molecule has 2 heterocycles. The van der Waals surface area contributed by atoms with Gasteiger partial charge in [-0.3, -0.25) is 4.79 Å². The molecule has 5 heteroatoms. The molecule has 1 saturated heterocycles. The summed E-state index contributed by atoms with van der Waals surface area (Å²) in [5.41, 5.74) is 1.49. The average molecular weight is 279 g/mol. The quantitative estimate of drug-likeness (QED) is 0.923. The molecule has 1 aliphatic heterocycles. The van der Waals surface area contributed by atoms with Crippen molar-refractivity contribution in [3.8, 4) is 0 Å². The van der Waals surface area contributed by atoms with Crippen molar-refractivity contribution in [2.75, 3.05) is 25.0 Å². The van der Waals surface area contributed by atoms with Gasteiger partial charge in [0.05, 0.1) is 11.9 Å². The number of rotatable bonds is 3. The molecule has 1 aromatic rings. The number of amides is 1. The number of anilines is 1. The number of pyridine rings is 1. The van der Waals surface area contributed by atoms with Gasteiger partial charge in [-0.1, -0.05) is 13.8 Å². The summed E-state index contributed by atoms with van der Waals surface area (Å²) in [5, 5.41) is 4.16. The number of thioether (sulfide) groups is 1. The van der Waals surface area contributed by atoms with Crippen molar-refractivity contribution >= 4 is 23.4 Å². The average Bonchev–Trinajstić information content (AvgIpc) is 2.38. The first kappa shape index (κ1) is 14.2. The lowest BCUT2D eigenvalue weighted by Gasteiger charge is -2.34. The van der Waals surface area contributed by atoms with E-state index in [4.69, 9.17) is 0 Å². The van der Waals surface area contributed by atoms with Gasteiger partial charge in [-0.25, -0.2) is 4.98 Å². The summed E-state index contributed by atoms with van der Waals surface area (Å²) >= 11 is 1.94. The van der Waals surface area contributed by atoms with Gasteiger partial charge in [0.1, 0.15) is 5.69 Å². The highest BCUT2D eigenvalue weighted by molar-refractivity contribution is 8.00. The second kappa shape index (κ2) is 6.28. The van der Waals surface area contributed by atoms with Crippen LogP contribution in [0.5, 0.6) is 0 Å². The van der Waals surface area contributed by atoms with E-state index in [0.29, 0.717) is 16.2 Å². The van der Waals surface area contributed by atoms with Crippen molar-refractivity contribution in [2.24, 2.45) is 0 Å². The van der Waals surface area contributed by atoms with E-state index < -0.39 is 0 Å². The number of carbonyl (C=O) groups is 1. The molecule has 0 radical (unpaired) electrons. The Morgan fingerprint density at radius 1 is 1.42 bits per heavy atom. The van der Waals surface area contributed by atoms with E-state index in [1.165, 1.54) is 0 Å². The van der Waals surface area contributed by atoms with Crippen molar-refractivity contribution < 1.29 is 4.79 Å². The van der Waals surface area contributed by atoms with Crippen LogP contribution in [0, 0.1) is 0 Å². The molecular formula is C14H21N3OS. The number of aromatic nitrogens is 1. The maximum absolute atomic E-state index is 12.4. The minimum absolute atomic E-state index is 0.0436. The zero-order valence-electron chi connectivity index (χ0n) is 11.7. The Labute approximate surface area is 119 Å². The predicted molar refractivity (Wildman–Crippen MR) is 80.8 cm³/mol. The lowest BCUT2D eigenvalue weighted by molar-refractivity contribution is 0.0747. The number of hydrogen-bond donors (Lipinski definition) is 1. The molecule has 0 aromatic carbocycles. The molecule has 0 aliphatic carbocycles. The monoisotopic (exact) mass is 279 g/mol. The van der Waals surface area contributed by atoms with Gasteiger partial charge in [0.15, 0.2) is 0 Å². The molecule has 2 atom stereocenters. The van der Waals surface area contributed by atoms with E-state index in [-0.39, 0.29) is 5.91 Å². The molecule has 2 unspecified atom stereocenters. The molecule has 0 saturated carbocycles. The van der Waals surface area contributed by atoms with Crippen LogP contribution in [0.15, 0.2) is 18.3 Å². The summed E-state index contributed by atoms with van der Waals surface area (Å²) in [5.74, 6) is 0.0436. The highest BCUT2D eigenvalue weighted by Crippen LogP contribution is 2.25. The smallest absolute Gasteiger partial charge is 0.272 e. The molecule has 104 valence electrons. The van der Waals surface area contributed by atoms with Crippen molar-refractivity contribution in [3.63, 3.8) is 0 Å².